The lowest BCUT2D eigenvalue weighted by Crippen LogP contribution is -2.48. The van der Waals surface area contributed by atoms with Gasteiger partial charge in [-0.2, -0.15) is 0 Å². The summed E-state index contributed by atoms with van der Waals surface area (Å²) >= 11 is 0. The molecule has 1 aliphatic carbocycles. The van der Waals surface area contributed by atoms with Crippen molar-refractivity contribution in [1.29, 1.82) is 0 Å². The van der Waals surface area contributed by atoms with Crippen molar-refractivity contribution in [1.82, 2.24) is 21.5 Å². The van der Waals surface area contributed by atoms with Gasteiger partial charge in [0.05, 0.1) is 18.5 Å². The quantitative estimate of drug-likeness (QED) is 0.407. The number of hydrogen-bond donors (Lipinski definition) is 5. The molecule has 1 radical (unpaired) electrons. The average molecular weight is 385 g/mol. The number of urea groups is 1. The second-order valence-corrected chi connectivity index (χ2v) is 7.86. The minimum Gasteiger partial charge on any atom is -0.481 e. The van der Waals surface area contributed by atoms with E-state index in [9.17, 15) is 14.4 Å². The van der Waals surface area contributed by atoms with E-state index in [2.05, 4.69) is 21.5 Å². The standard InChI is InChI=1S/C18H33N4O5/c1-5-14(21-17(26)27-18(2,3)4)11-20-22-16(25)19-10-12-6-8-13(9-7-12)15(23)24/h11-14,20H,5-10H2,1-4H3,(H,21,26)(H,23,24)(H2,19,22,25)/t12?,13?,14-/m0/s1. The maximum absolute atomic E-state index is 11.8. The lowest BCUT2D eigenvalue weighted by atomic mass is 9.82. The van der Waals surface area contributed by atoms with Crippen LogP contribution in [-0.2, 0) is 9.53 Å². The maximum Gasteiger partial charge on any atom is 0.407 e. The molecule has 1 saturated carbocycles. The van der Waals surface area contributed by atoms with Crippen molar-refractivity contribution in [3.05, 3.63) is 6.54 Å². The highest BCUT2D eigenvalue weighted by Crippen LogP contribution is 2.28. The van der Waals surface area contributed by atoms with Crippen LogP contribution in [0.25, 0.3) is 0 Å². The normalized spacial score (nSPS) is 21.0. The molecule has 1 fully saturated rings. The predicted octanol–water partition coefficient (Wildman–Crippen LogP) is 2.15. The fourth-order valence-electron chi connectivity index (χ4n) is 2.82. The molecule has 27 heavy (non-hydrogen) atoms. The summed E-state index contributed by atoms with van der Waals surface area (Å²) in [4.78, 5) is 34.5. The van der Waals surface area contributed by atoms with Gasteiger partial charge in [-0.3, -0.25) is 10.2 Å². The molecule has 0 heterocycles. The van der Waals surface area contributed by atoms with Crippen LogP contribution < -0.4 is 21.5 Å². The average Bonchev–Trinajstić information content (AvgIpc) is 2.57. The Kier molecular flexibility index (Phi) is 9.34. The molecule has 0 unspecified atom stereocenters. The first-order valence-corrected chi connectivity index (χ1v) is 9.45. The highest BCUT2D eigenvalue weighted by molar-refractivity contribution is 5.73. The SMILES string of the molecule is CC[C@@H]([CH]NNC(=O)NCC1CCC(C(=O)O)CC1)NC(=O)OC(C)(C)C. The van der Waals surface area contributed by atoms with E-state index in [0.717, 1.165) is 12.8 Å². The maximum atomic E-state index is 11.8. The molecular formula is C18H33N4O5. The molecule has 0 saturated heterocycles. The third kappa shape index (κ3) is 10.0. The first-order chi connectivity index (χ1) is 12.6. The summed E-state index contributed by atoms with van der Waals surface area (Å²) in [6.07, 6.45) is 3.02. The van der Waals surface area contributed by atoms with Gasteiger partial charge in [-0.25, -0.2) is 15.0 Å². The fourth-order valence-corrected chi connectivity index (χ4v) is 2.82. The smallest absolute Gasteiger partial charge is 0.407 e. The first kappa shape index (κ1) is 23.0. The summed E-state index contributed by atoms with van der Waals surface area (Å²) < 4.78 is 5.19. The number of ether oxygens (including phenoxy) is 1. The van der Waals surface area contributed by atoms with E-state index >= 15 is 0 Å². The predicted molar refractivity (Wildman–Crippen MR) is 101 cm³/mol. The summed E-state index contributed by atoms with van der Waals surface area (Å²) in [5.74, 6) is -0.688. The molecule has 9 heteroatoms. The zero-order valence-corrected chi connectivity index (χ0v) is 16.6. The third-order valence-electron chi connectivity index (χ3n) is 4.36. The summed E-state index contributed by atoms with van der Waals surface area (Å²) in [7, 11) is 0. The summed E-state index contributed by atoms with van der Waals surface area (Å²) in [5, 5.41) is 14.5. The topological polar surface area (TPSA) is 129 Å². The van der Waals surface area contributed by atoms with Crippen LogP contribution in [0.2, 0.25) is 0 Å². The number of carbonyl (C=O) groups excluding carboxylic acids is 2. The molecular weight excluding hydrogens is 352 g/mol. The molecule has 0 spiro atoms. The molecule has 3 amide bonds. The summed E-state index contributed by atoms with van der Waals surface area (Å²) in [6.45, 7) is 9.34. The number of rotatable bonds is 8. The number of alkyl carbamates (subject to hydrolysis) is 1. The Morgan fingerprint density at radius 1 is 1.19 bits per heavy atom. The molecule has 1 rings (SSSR count). The van der Waals surface area contributed by atoms with Crippen LogP contribution in [-0.4, -0.2) is 41.4 Å². The fraction of sp³-hybridized carbons (Fsp3) is 0.778. The largest absolute Gasteiger partial charge is 0.481 e. The van der Waals surface area contributed by atoms with Crippen LogP contribution in [0.15, 0.2) is 0 Å². The van der Waals surface area contributed by atoms with Crippen LogP contribution in [0.5, 0.6) is 0 Å². The number of nitrogens with one attached hydrogen (secondary N) is 4. The second-order valence-electron chi connectivity index (χ2n) is 7.86. The van der Waals surface area contributed by atoms with Gasteiger partial charge in [-0.15, -0.1) is 0 Å². The molecule has 0 aliphatic heterocycles. The minimum atomic E-state index is -0.732. The Morgan fingerprint density at radius 2 is 1.81 bits per heavy atom. The van der Waals surface area contributed by atoms with Gasteiger partial charge in [0.15, 0.2) is 0 Å². The first-order valence-electron chi connectivity index (χ1n) is 9.45. The number of hydrogen-bond acceptors (Lipinski definition) is 5. The number of carboxylic acid groups (broad SMARTS) is 1. The molecule has 0 aromatic carbocycles. The second kappa shape index (κ2) is 11.0. The van der Waals surface area contributed by atoms with Crippen molar-refractivity contribution in [3.63, 3.8) is 0 Å². The van der Waals surface area contributed by atoms with Gasteiger partial charge in [-0.1, -0.05) is 6.92 Å². The molecule has 5 N–H and O–H groups in total. The van der Waals surface area contributed by atoms with Crippen molar-refractivity contribution < 1.29 is 24.2 Å². The van der Waals surface area contributed by atoms with Crippen molar-refractivity contribution in [2.45, 2.75) is 71.4 Å². The van der Waals surface area contributed by atoms with Crippen molar-refractivity contribution in [2.24, 2.45) is 11.8 Å². The Labute approximate surface area is 160 Å². The highest BCUT2D eigenvalue weighted by atomic mass is 16.6. The van der Waals surface area contributed by atoms with E-state index in [4.69, 9.17) is 9.84 Å². The Morgan fingerprint density at radius 3 is 2.33 bits per heavy atom. The molecule has 1 atom stereocenters. The van der Waals surface area contributed by atoms with Crippen LogP contribution >= 0.6 is 0 Å². The van der Waals surface area contributed by atoms with Crippen LogP contribution in [0.1, 0.15) is 59.8 Å². The van der Waals surface area contributed by atoms with Crippen molar-refractivity contribution in [3.8, 4) is 0 Å². The molecule has 9 nitrogen and oxygen atoms in total. The Bertz CT molecular complexity index is 498. The van der Waals surface area contributed by atoms with Gasteiger partial charge in [-0.05, 0) is 58.8 Å². The summed E-state index contributed by atoms with van der Waals surface area (Å²) in [6, 6.07) is -0.676. The van der Waals surface area contributed by atoms with E-state index in [1.165, 1.54) is 0 Å². The van der Waals surface area contributed by atoms with E-state index < -0.39 is 17.7 Å². The summed E-state index contributed by atoms with van der Waals surface area (Å²) in [5.41, 5.74) is 4.60. The highest BCUT2D eigenvalue weighted by Gasteiger charge is 2.26. The van der Waals surface area contributed by atoms with E-state index in [-0.39, 0.29) is 18.0 Å². The molecule has 0 aromatic heterocycles. The van der Waals surface area contributed by atoms with E-state index in [0.29, 0.717) is 31.7 Å². The Balaban J connectivity index is 2.18. The number of aliphatic carboxylic acids is 1. The number of carbonyl (C=O) groups is 3. The monoisotopic (exact) mass is 385 g/mol. The van der Waals surface area contributed by atoms with Gasteiger partial charge in [0.2, 0.25) is 0 Å². The van der Waals surface area contributed by atoms with E-state index in [1.807, 2.05) is 6.92 Å². The lowest BCUT2D eigenvalue weighted by molar-refractivity contribution is -0.143. The van der Waals surface area contributed by atoms with Gasteiger partial charge in [0.25, 0.3) is 0 Å². The van der Waals surface area contributed by atoms with Crippen LogP contribution in [0.4, 0.5) is 9.59 Å². The molecule has 0 bridgehead atoms. The van der Waals surface area contributed by atoms with Crippen LogP contribution in [0, 0.1) is 18.4 Å². The van der Waals surface area contributed by atoms with Gasteiger partial charge in [0.1, 0.15) is 5.60 Å². The Hall–Kier alpha value is -2.03. The van der Waals surface area contributed by atoms with E-state index in [1.54, 1.807) is 27.3 Å². The van der Waals surface area contributed by atoms with Crippen molar-refractivity contribution >= 4 is 18.1 Å². The van der Waals surface area contributed by atoms with Gasteiger partial charge < -0.3 is 20.5 Å². The zero-order chi connectivity index (χ0) is 20.4. The molecule has 1 aliphatic rings. The van der Waals surface area contributed by atoms with Crippen molar-refractivity contribution in [2.75, 3.05) is 6.54 Å². The van der Waals surface area contributed by atoms with Gasteiger partial charge >= 0.3 is 18.1 Å². The number of hydrazine groups is 1. The minimum absolute atomic E-state index is 0.255. The molecule has 0 aromatic rings. The van der Waals surface area contributed by atoms with Gasteiger partial charge in [0, 0.05) is 6.54 Å². The number of carboxylic acids is 1. The lowest BCUT2D eigenvalue weighted by Gasteiger charge is -2.26. The van der Waals surface area contributed by atoms with Crippen LogP contribution in [0.3, 0.4) is 0 Å². The molecule has 155 valence electrons. The number of amides is 3. The zero-order valence-electron chi connectivity index (χ0n) is 16.6. The third-order valence-corrected chi connectivity index (χ3v) is 4.36.